The molecule has 0 aromatic heterocycles. The highest BCUT2D eigenvalue weighted by Crippen LogP contribution is 2.26. The van der Waals surface area contributed by atoms with E-state index in [1.165, 1.54) is 44.1 Å². The van der Waals surface area contributed by atoms with Crippen LogP contribution in [-0.4, -0.2) is 11.6 Å². The number of ketones is 2. The number of carbonyl (C=O) groups excluding carboxylic acids is 2. The number of hydrogen-bond acceptors (Lipinski definition) is 2. The molecule has 2 rings (SSSR count). The van der Waals surface area contributed by atoms with E-state index in [2.05, 4.69) is 26.8 Å². The van der Waals surface area contributed by atoms with Crippen LogP contribution in [0.1, 0.15) is 104 Å². The Morgan fingerprint density at radius 2 is 1.54 bits per heavy atom. The lowest BCUT2D eigenvalue weighted by Gasteiger charge is -2.00. The molecule has 136 valence electrons. The standard InChI is InChI=1S/2C11H18O/c1-3-4-5-6-10-9(2)7-8-11(10)12;1-2-3-4-5-7-10-8-6-9-11(10)12/h3-8H2,1-2H3;7H,2-6,8-9H2,1H3/b;10-7+. The van der Waals surface area contributed by atoms with Crippen molar-refractivity contribution < 1.29 is 9.59 Å². The number of rotatable bonds is 8. The van der Waals surface area contributed by atoms with E-state index >= 15 is 0 Å². The summed E-state index contributed by atoms with van der Waals surface area (Å²) in [6, 6.07) is 0. The van der Waals surface area contributed by atoms with Gasteiger partial charge in [-0.3, -0.25) is 9.59 Å². The summed E-state index contributed by atoms with van der Waals surface area (Å²) in [5, 5.41) is 0. The average molecular weight is 333 g/mol. The van der Waals surface area contributed by atoms with Gasteiger partial charge in [0.15, 0.2) is 11.6 Å². The molecular formula is C22H36O2. The van der Waals surface area contributed by atoms with Gasteiger partial charge in [-0.1, -0.05) is 51.2 Å². The zero-order valence-electron chi connectivity index (χ0n) is 16.1. The van der Waals surface area contributed by atoms with Crippen molar-refractivity contribution in [2.24, 2.45) is 0 Å². The second-order valence-corrected chi connectivity index (χ2v) is 7.14. The molecule has 1 fully saturated rings. The highest BCUT2D eigenvalue weighted by atomic mass is 16.1. The van der Waals surface area contributed by atoms with Crippen molar-refractivity contribution in [3.63, 3.8) is 0 Å². The molecule has 0 amide bonds. The summed E-state index contributed by atoms with van der Waals surface area (Å²) in [5.41, 5.74) is 3.59. The van der Waals surface area contributed by atoms with Gasteiger partial charge in [0.05, 0.1) is 0 Å². The van der Waals surface area contributed by atoms with Crippen LogP contribution in [0, 0.1) is 0 Å². The molecule has 24 heavy (non-hydrogen) atoms. The number of allylic oxidation sites excluding steroid dienone is 4. The van der Waals surface area contributed by atoms with Crippen LogP contribution >= 0.6 is 0 Å². The van der Waals surface area contributed by atoms with Crippen LogP contribution in [0.2, 0.25) is 0 Å². The first-order chi connectivity index (χ1) is 11.6. The van der Waals surface area contributed by atoms with Gasteiger partial charge in [0.25, 0.3) is 0 Å². The highest BCUT2D eigenvalue weighted by Gasteiger charge is 2.18. The van der Waals surface area contributed by atoms with Crippen molar-refractivity contribution in [1.29, 1.82) is 0 Å². The molecule has 0 atom stereocenters. The first-order valence-electron chi connectivity index (χ1n) is 10.0. The average Bonchev–Trinajstić information content (AvgIpc) is 3.12. The quantitative estimate of drug-likeness (QED) is 0.376. The number of unbranched alkanes of at least 4 members (excludes halogenated alkanes) is 5. The van der Waals surface area contributed by atoms with E-state index in [9.17, 15) is 9.59 Å². The van der Waals surface area contributed by atoms with Crippen LogP contribution in [0.25, 0.3) is 0 Å². The Hall–Kier alpha value is -1.18. The fourth-order valence-electron chi connectivity index (χ4n) is 3.37. The smallest absolute Gasteiger partial charge is 0.159 e. The third-order valence-electron chi connectivity index (χ3n) is 5.02. The predicted molar refractivity (Wildman–Crippen MR) is 102 cm³/mol. The maximum Gasteiger partial charge on any atom is 0.159 e. The van der Waals surface area contributed by atoms with Gasteiger partial charge in [-0.2, -0.15) is 0 Å². The van der Waals surface area contributed by atoms with Gasteiger partial charge in [-0.25, -0.2) is 0 Å². The Balaban J connectivity index is 0.000000240. The molecule has 0 N–H and O–H groups in total. The van der Waals surface area contributed by atoms with Gasteiger partial charge in [0.2, 0.25) is 0 Å². The van der Waals surface area contributed by atoms with Gasteiger partial charge in [-0.05, 0) is 63.0 Å². The monoisotopic (exact) mass is 332 g/mol. The Kier molecular flexibility index (Phi) is 10.6. The molecule has 0 saturated heterocycles. The minimum atomic E-state index is 0.395. The number of hydrogen-bond donors (Lipinski definition) is 0. The van der Waals surface area contributed by atoms with Crippen LogP contribution in [0.3, 0.4) is 0 Å². The summed E-state index contributed by atoms with van der Waals surface area (Å²) >= 11 is 0. The maximum absolute atomic E-state index is 11.3. The fourth-order valence-corrected chi connectivity index (χ4v) is 3.37. The SMILES string of the molecule is CCCCC/C=C1\CCCC1=O.CCCCCC1=C(C)CCC1=O. The van der Waals surface area contributed by atoms with E-state index in [0.29, 0.717) is 11.6 Å². The zero-order chi connectivity index (χ0) is 17.8. The lowest BCUT2D eigenvalue weighted by molar-refractivity contribution is -0.115. The van der Waals surface area contributed by atoms with E-state index in [0.717, 1.165) is 56.1 Å². The van der Waals surface area contributed by atoms with Crippen molar-refractivity contribution in [1.82, 2.24) is 0 Å². The van der Waals surface area contributed by atoms with Gasteiger partial charge in [-0.15, -0.1) is 0 Å². The summed E-state index contributed by atoms with van der Waals surface area (Å²) in [5.74, 6) is 0.801. The molecule has 0 bridgehead atoms. The van der Waals surface area contributed by atoms with Crippen LogP contribution in [-0.2, 0) is 9.59 Å². The topological polar surface area (TPSA) is 34.1 Å². The minimum Gasteiger partial charge on any atom is -0.295 e. The van der Waals surface area contributed by atoms with E-state index in [1.54, 1.807) is 0 Å². The summed E-state index contributed by atoms with van der Waals surface area (Å²) in [6.45, 7) is 6.50. The van der Waals surface area contributed by atoms with Gasteiger partial charge >= 0.3 is 0 Å². The van der Waals surface area contributed by atoms with Crippen molar-refractivity contribution in [3.05, 3.63) is 22.8 Å². The van der Waals surface area contributed by atoms with Crippen molar-refractivity contribution in [2.75, 3.05) is 0 Å². The molecule has 1 saturated carbocycles. The molecule has 2 aliphatic carbocycles. The molecular weight excluding hydrogens is 296 g/mol. The Bertz CT molecular complexity index is 468. The molecule has 0 spiro atoms. The van der Waals surface area contributed by atoms with Crippen LogP contribution in [0.15, 0.2) is 22.8 Å². The van der Waals surface area contributed by atoms with E-state index < -0.39 is 0 Å². The van der Waals surface area contributed by atoms with Crippen molar-refractivity contribution >= 4 is 11.6 Å². The maximum atomic E-state index is 11.3. The molecule has 0 aromatic rings. The first kappa shape index (κ1) is 20.9. The highest BCUT2D eigenvalue weighted by molar-refractivity contribution is 5.98. The van der Waals surface area contributed by atoms with Crippen molar-refractivity contribution in [2.45, 2.75) is 104 Å². The minimum absolute atomic E-state index is 0.395. The lowest BCUT2D eigenvalue weighted by atomic mass is 10.0. The van der Waals surface area contributed by atoms with E-state index in [-0.39, 0.29) is 0 Å². The third kappa shape index (κ3) is 7.59. The second kappa shape index (κ2) is 12.2. The molecule has 0 radical (unpaired) electrons. The molecule has 2 aliphatic rings. The van der Waals surface area contributed by atoms with Crippen LogP contribution < -0.4 is 0 Å². The second-order valence-electron chi connectivity index (χ2n) is 7.14. The van der Waals surface area contributed by atoms with E-state index in [4.69, 9.17) is 0 Å². The number of Topliss-reactive ketones (excluding diaryl/α,β-unsaturated/α-hetero) is 2. The van der Waals surface area contributed by atoms with Crippen LogP contribution in [0.5, 0.6) is 0 Å². The molecule has 0 heterocycles. The normalized spacial score (nSPS) is 19.2. The Morgan fingerprint density at radius 3 is 2.08 bits per heavy atom. The lowest BCUT2D eigenvalue weighted by Crippen LogP contribution is -1.96. The largest absolute Gasteiger partial charge is 0.295 e. The molecule has 0 aromatic carbocycles. The Labute approximate surface area is 148 Å². The number of carbonyl (C=O) groups is 2. The fraction of sp³-hybridized carbons (Fsp3) is 0.727. The molecule has 0 aliphatic heterocycles. The third-order valence-corrected chi connectivity index (χ3v) is 5.02. The first-order valence-corrected chi connectivity index (χ1v) is 10.0. The molecule has 2 heteroatoms. The van der Waals surface area contributed by atoms with E-state index in [1.807, 2.05) is 0 Å². The zero-order valence-corrected chi connectivity index (χ0v) is 16.1. The summed E-state index contributed by atoms with van der Waals surface area (Å²) in [7, 11) is 0. The summed E-state index contributed by atoms with van der Waals surface area (Å²) in [4.78, 5) is 22.5. The molecule has 0 unspecified atom stereocenters. The summed E-state index contributed by atoms with van der Waals surface area (Å²) < 4.78 is 0. The van der Waals surface area contributed by atoms with Crippen molar-refractivity contribution in [3.8, 4) is 0 Å². The van der Waals surface area contributed by atoms with Gasteiger partial charge in [0.1, 0.15) is 0 Å². The van der Waals surface area contributed by atoms with Gasteiger partial charge in [0, 0.05) is 12.8 Å². The van der Waals surface area contributed by atoms with Gasteiger partial charge < -0.3 is 0 Å². The Morgan fingerprint density at radius 1 is 0.833 bits per heavy atom. The molecule has 2 nitrogen and oxygen atoms in total. The summed E-state index contributed by atoms with van der Waals surface area (Å²) in [6.07, 6.45) is 16.5. The van der Waals surface area contributed by atoms with Crippen LogP contribution in [0.4, 0.5) is 0 Å². The predicted octanol–water partition coefficient (Wildman–Crippen LogP) is 6.49.